The summed E-state index contributed by atoms with van der Waals surface area (Å²) in [6.45, 7) is 2.44. The van der Waals surface area contributed by atoms with E-state index in [1.54, 1.807) is 0 Å². The predicted molar refractivity (Wildman–Crippen MR) is 71.3 cm³/mol. The second-order valence-corrected chi connectivity index (χ2v) is 4.40. The molecule has 0 bridgehead atoms. The van der Waals surface area contributed by atoms with Gasteiger partial charge in [-0.3, -0.25) is 0 Å². The molecule has 100 valence electrons. The molecule has 3 heteroatoms. The van der Waals surface area contributed by atoms with Crippen molar-refractivity contribution in [1.29, 1.82) is 0 Å². The molecule has 0 fully saturated rings. The van der Waals surface area contributed by atoms with E-state index in [2.05, 4.69) is 6.92 Å². The molecule has 2 rings (SSSR count). The summed E-state index contributed by atoms with van der Waals surface area (Å²) in [6, 6.07) is 13.3. The molecule has 0 radical (unpaired) electrons. The highest BCUT2D eigenvalue weighted by atomic mass is 19.1. The summed E-state index contributed by atoms with van der Waals surface area (Å²) in [5, 5.41) is 0. The number of ether oxygens (including phenoxy) is 1. The number of hydrogen-bond acceptors (Lipinski definition) is 1. The third-order valence-corrected chi connectivity index (χ3v) is 3.10. The van der Waals surface area contributed by atoms with E-state index in [0.717, 1.165) is 18.1 Å². The Balaban J connectivity index is 2.04. The fourth-order valence-electron chi connectivity index (χ4n) is 1.96. The van der Waals surface area contributed by atoms with Crippen LogP contribution in [0.15, 0.2) is 48.5 Å². The molecule has 0 aliphatic rings. The summed E-state index contributed by atoms with van der Waals surface area (Å²) < 4.78 is 31.7. The Kier molecular flexibility index (Phi) is 4.50. The van der Waals surface area contributed by atoms with Gasteiger partial charge in [0.05, 0.1) is 6.61 Å². The number of hydrogen-bond donors (Lipinski definition) is 0. The van der Waals surface area contributed by atoms with Crippen molar-refractivity contribution in [3.05, 3.63) is 65.7 Å². The smallest absolute Gasteiger partial charge is 0.167 e. The molecule has 0 aromatic heterocycles. The van der Waals surface area contributed by atoms with E-state index < -0.39 is 11.6 Å². The van der Waals surface area contributed by atoms with Gasteiger partial charge in [0, 0.05) is 12.0 Å². The molecule has 1 atom stereocenters. The van der Waals surface area contributed by atoms with Crippen LogP contribution in [0.3, 0.4) is 0 Å². The van der Waals surface area contributed by atoms with Crippen molar-refractivity contribution < 1.29 is 13.5 Å². The topological polar surface area (TPSA) is 9.23 Å². The maximum atomic E-state index is 13.4. The molecular formula is C16H16F2O. The minimum Gasteiger partial charge on any atom is -0.490 e. The Labute approximate surface area is 111 Å². The molecule has 19 heavy (non-hydrogen) atoms. The Morgan fingerprint density at radius 3 is 2.42 bits per heavy atom. The minimum atomic E-state index is -0.664. The lowest BCUT2D eigenvalue weighted by Gasteiger charge is -2.16. The van der Waals surface area contributed by atoms with Crippen LogP contribution in [-0.2, 0) is 0 Å². The normalized spacial score (nSPS) is 12.2. The van der Waals surface area contributed by atoms with Gasteiger partial charge >= 0.3 is 0 Å². The second kappa shape index (κ2) is 6.32. The zero-order valence-electron chi connectivity index (χ0n) is 10.8. The summed E-state index contributed by atoms with van der Waals surface area (Å²) in [5.74, 6) is -0.968. The molecule has 0 amide bonds. The quantitative estimate of drug-likeness (QED) is 0.768. The standard InChI is InChI=1S/C16H16F2O/c1-2-12(13-6-4-3-5-7-13)11-19-16-9-8-14(17)10-15(16)18/h3-10,12H,2,11H2,1H3. The van der Waals surface area contributed by atoms with Gasteiger partial charge < -0.3 is 4.74 Å². The van der Waals surface area contributed by atoms with Gasteiger partial charge in [0.1, 0.15) is 5.82 Å². The van der Waals surface area contributed by atoms with Crippen LogP contribution in [0.2, 0.25) is 0 Å². The summed E-state index contributed by atoms with van der Waals surface area (Å²) in [5.41, 5.74) is 1.16. The molecular weight excluding hydrogens is 246 g/mol. The van der Waals surface area contributed by atoms with E-state index in [9.17, 15) is 8.78 Å². The van der Waals surface area contributed by atoms with Gasteiger partial charge in [-0.25, -0.2) is 8.78 Å². The highest BCUT2D eigenvalue weighted by Gasteiger charge is 2.12. The van der Waals surface area contributed by atoms with Crippen LogP contribution in [-0.4, -0.2) is 6.61 Å². The van der Waals surface area contributed by atoms with Gasteiger partial charge in [-0.05, 0) is 24.1 Å². The van der Waals surface area contributed by atoms with E-state index in [-0.39, 0.29) is 11.7 Å². The lowest BCUT2D eigenvalue weighted by atomic mass is 9.98. The fraction of sp³-hybridized carbons (Fsp3) is 0.250. The highest BCUT2D eigenvalue weighted by molar-refractivity contribution is 5.25. The third kappa shape index (κ3) is 3.53. The van der Waals surface area contributed by atoms with Gasteiger partial charge in [-0.15, -0.1) is 0 Å². The molecule has 2 aromatic carbocycles. The first-order valence-electron chi connectivity index (χ1n) is 6.33. The summed E-state index contributed by atoms with van der Waals surface area (Å²) in [7, 11) is 0. The maximum absolute atomic E-state index is 13.4. The largest absolute Gasteiger partial charge is 0.490 e. The lowest BCUT2D eigenvalue weighted by molar-refractivity contribution is 0.271. The molecule has 0 saturated carbocycles. The number of halogens is 2. The second-order valence-electron chi connectivity index (χ2n) is 4.40. The van der Waals surface area contributed by atoms with Crippen LogP contribution in [0.25, 0.3) is 0 Å². The fourth-order valence-corrected chi connectivity index (χ4v) is 1.96. The first-order valence-corrected chi connectivity index (χ1v) is 6.33. The van der Waals surface area contributed by atoms with Crippen molar-refractivity contribution in [2.24, 2.45) is 0 Å². The molecule has 0 spiro atoms. The Bertz CT molecular complexity index is 526. The van der Waals surface area contributed by atoms with Gasteiger partial charge in [0.25, 0.3) is 0 Å². The Morgan fingerprint density at radius 2 is 1.79 bits per heavy atom. The Morgan fingerprint density at radius 1 is 1.05 bits per heavy atom. The summed E-state index contributed by atoms with van der Waals surface area (Å²) in [4.78, 5) is 0. The van der Waals surface area contributed by atoms with Crippen LogP contribution >= 0.6 is 0 Å². The lowest BCUT2D eigenvalue weighted by Crippen LogP contribution is -2.10. The van der Waals surface area contributed by atoms with Crippen molar-refractivity contribution >= 4 is 0 Å². The molecule has 0 aliphatic heterocycles. The van der Waals surface area contributed by atoms with Crippen LogP contribution in [0.5, 0.6) is 5.75 Å². The first-order chi connectivity index (χ1) is 9.20. The highest BCUT2D eigenvalue weighted by Crippen LogP contribution is 2.23. The van der Waals surface area contributed by atoms with Gasteiger partial charge in [-0.1, -0.05) is 37.3 Å². The number of rotatable bonds is 5. The average molecular weight is 262 g/mol. The van der Waals surface area contributed by atoms with Crippen LogP contribution in [0.1, 0.15) is 24.8 Å². The molecule has 2 aromatic rings. The van der Waals surface area contributed by atoms with E-state index in [1.807, 2.05) is 30.3 Å². The van der Waals surface area contributed by atoms with Gasteiger partial charge in [0.2, 0.25) is 0 Å². The monoisotopic (exact) mass is 262 g/mol. The molecule has 0 heterocycles. The van der Waals surface area contributed by atoms with Crippen LogP contribution in [0, 0.1) is 11.6 Å². The van der Waals surface area contributed by atoms with E-state index in [4.69, 9.17) is 4.74 Å². The molecule has 0 N–H and O–H groups in total. The van der Waals surface area contributed by atoms with E-state index in [0.29, 0.717) is 6.61 Å². The van der Waals surface area contributed by atoms with Crippen molar-refractivity contribution in [1.82, 2.24) is 0 Å². The molecule has 1 unspecified atom stereocenters. The molecule has 0 aliphatic carbocycles. The maximum Gasteiger partial charge on any atom is 0.167 e. The average Bonchev–Trinajstić information content (AvgIpc) is 2.43. The third-order valence-electron chi connectivity index (χ3n) is 3.10. The van der Waals surface area contributed by atoms with Crippen molar-refractivity contribution in [3.63, 3.8) is 0 Å². The van der Waals surface area contributed by atoms with Crippen LogP contribution in [0.4, 0.5) is 8.78 Å². The van der Waals surface area contributed by atoms with Crippen LogP contribution < -0.4 is 4.74 Å². The Hall–Kier alpha value is -1.90. The van der Waals surface area contributed by atoms with E-state index in [1.165, 1.54) is 12.1 Å². The van der Waals surface area contributed by atoms with Crippen molar-refractivity contribution in [3.8, 4) is 5.75 Å². The number of benzene rings is 2. The SMILES string of the molecule is CCC(COc1ccc(F)cc1F)c1ccccc1. The molecule has 1 nitrogen and oxygen atoms in total. The van der Waals surface area contributed by atoms with Crippen molar-refractivity contribution in [2.45, 2.75) is 19.3 Å². The predicted octanol–water partition coefficient (Wildman–Crippen LogP) is 4.54. The van der Waals surface area contributed by atoms with Gasteiger partial charge in [0.15, 0.2) is 11.6 Å². The zero-order valence-corrected chi connectivity index (χ0v) is 10.8. The summed E-state index contributed by atoms with van der Waals surface area (Å²) in [6.07, 6.45) is 0.896. The van der Waals surface area contributed by atoms with E-state index >= 15 is 0 Å². The first kappa shape index (κ1) is 13.5. The van der Waals surface area contributed by atoms with Gasteiger partial charge in [-0.2, -0.15) is 0 Å². The molecule has 0 saturated heterocycles. The minimum absolute atomic E-state index is 0.0933. The van der Waals surface area contributed by atoms with Crippen molar-refractivity contribution in [2.75, 3.05) is 6.61 Å². The summed E-state index contributed by atoms with van der Waals surface area (Å²) >= 11 is 0. The zero-order chi connectivity index (χ0) is 13.7.